The molecule has 0 fully saturated rings. The van der Waals surface area contributed by atoms with Crippen LogP contribution < -0.4 is 21.7 Å². The number of urea groups is 1. The van der Waals surface area contributed by atoms with E-state index in [2.05, 4.69) is 35.9 Å². The van der Waals surface area contributed by atoms with Crippen molar-refractivity contribution in [3.05, 3.63) is 64.6 Å². The molecule has 0 unspecified atom stereocenters. The predicted octanol–water partition coefficient (Wildman–Crippen LogP) is 6.26. The number of fused-ring (bicyclic) bond motifs is 2. The number of nitrogens with two attached hydrogens (primary N) is 1. The largest absolute Gasteiger partial charge is 0.439 e. The first kappa shape index (κ1) is 25.7. The third kappa shape index (κ3) is 5.47. The Morgan fingerprint density at radius 3 is 2.53 bits per heavy atom. The molecule has 0 aliphatic heterocycles. The highest BCUT2D eigenvalue weighted by Gasteiger charge is 2.20. The van der Waals surface area contributed by atoms with Gasteiger partial charge in [0.1, 0.15) is 11.3 Å². The average molecular weight is 551 g/mol. The third-order valence-corrected chi connectivity index (χ3v) is 6.01. The number of benzene rings is 2. The van der Waals surface area contributed by atoms with Gasteiger partial charge in [0, 0.05) is 33.9 Å². The van der Waals surface area contributed by atoms with E-state index in [9.17, 15) is 4.79 Å². The minimum absolute atomic E-state index is 0.211. The molecule has 3 heterocycles. The van der Waals surface area contributed by atoms with Crippen molar-refractivity contribution >= 4 is 68.8 Å². The highest BCUT2D eigenvalue weighted by Crippen LogP contribution is 2.39. The quantitative estimate of drug-likeness (QED) is 0.200. The molecule has 0 aliphatic carbocycles. The Balaban J connectivity index is 1.55. The van der Waals surface area contributed by atoms with Crippen LogP contribution in [-0.2, 0) is 6.54 Å². The van der Waals surface area contributed by atoms with Crippen molar-refractivity contribution in [2.45, 2.75) is 32.9 Å². The lowest BCUT2D eigenvalue weighted by Crippen LogP contribution is -2.43. The SMILES string of the molecule is CC(C)(C)NC(=O)Nc1nc2nc(Nc3ccc4oc(CN)nc4c3)ncc2cc1-c1c(Cl)cccc1Cl. The topological polar surface area (TPSA) is 144 Å². The molecule has 194 valence electrons. The van der Waals surface area contributed by atoms with Gasteiger partial charge in [-0.2, -0.15) is 4.98 Å². The second-order valence-corrected chi connectivity index (χ2v) is 10.4. The molecular weight excluding hydrogens is 527 g/mol. The van der Waals surface area contributed by atoms with Crippen molar-refractivity contribution < 1.29 is 9.21 Å². The van der Waals surface area contributed by atoms with Gasteiger partial charge in [-0.1, -0.05) is 29.3 Å². The lowest BCUT2D eigenvalue weighted by atomic mass is 10.0. The molecule has 38 heavy (non-hydrogen) atoms. The predicted molar refractivity (Wildman–Crippen MR) is 150 cm³/mol. The number of oxazole rings is 1. The first-order chi connectivity index (χ1) is 18.1. The molecule has 0 spiro atoms. The van der Waals surface area contributed by atoms with Crippen LogP contribution in [-0.4, -0.2) is 31.5 Å². The maximum absolute atomic E-state index is 12.8. The standard InChI is InChI=1S/C26H24Cl2N8O2/c1-26(2,3)36-25(37)35-23-15(21-16(27)5-4-6-17(21)28)9-13-12-30-24(34-22(13)33-23)31-14-7-8-19-18(10-14)32-20(11-29)38-19/h4-10,12H,11,29H2,1-3H3,(H3,30,31,33,34,35,36,37). The van der Waals surface area contributed by atoms with Gasteiger partial charge >= 0.3 is 6.03 Å². The van der Waals surface area contributed by atoms with E-state index in [1.54, 1.807) is 36.5 Å². The second-order valence-electron chi connectivity index (χ2n) is 9.54. The van der Waals surface area contributed by atoms with Crippen LogP contribution in [0.4, 0.5) is 22.2 Å². The number of nitrogens with zero attached hydrogens (tertiary/aromatic N) is 4. The van der Waals surface area contributed by atoms with Gasteiger partial charge in [0.05, 0.1) is 16.6 Å². The van der Waals surface area contributed by atoms with Crippen LogP contribution in [0.1, 0.15) is 26.7 Å². The molecule has 2 amide bonds. The Morgan fingerprint density at radius 2 is 1.82 bits per heavy atom. The lowest BCUT2D eigenvalue weighted by Gasteiger charge is -2.21. The molecule has 5 aromatic rings. The zero-order valence-electron chi connectivity index (χ0n) is 20.8. The number of hydrogen-bond donors (Lipinski definition) is 4. The molecule has 0 aliphatic rings. The Labute approximate surface area is 228 Å². The number of amides is 2. The van der Waals surface area contributed by atoms with Crippen LogP contribution >= 0.6 is 23.2 Å². The summed E-state index contributed by atoms with van der Waals surface area (Å²) in [4.78, 5) is 30.7. The van der Waals surface area contributed by atoms with Crippen LogP contribution in [0.2, 0.25) is 10.0 Å². The summed E-state index contributed by atoms with van der Waals surface area (Å²) in [6.07, 6.45) is 1.63. The third-order valence-electron chi connectivity index (χ3n) is 5.38. The summed E-state index contributed by atoms with van der Waals surface area (Å²) in [6.45, 7) is 5.85. The normalized spacial score (nSPS) is 11.6. The van der Waals surface area contributed by atoms with Crippen molar-refractivity contribution in [3.63, 3.8) is 0 Å². The minimum Gasteiger partial charge on any atom is -0.439 e. The summed E-state index contributed by atoms with van der Waals surface area (Å²) in [7, 11) is 0. The number of pyridine rings is 1. The van der Waals surface area contributed by atoms with Gasteiger partial charge in [0.25, 0.3) is 0 Å². The van der Waals surface area contributed by atoms with Crippen molar-refractivity contribution in [3.8, 4) is 11.1 Å². The molecule has 0 bridgehead atoms. The van der Waals surface area contributed by atoms with Crippen molar-refractivity contribution in [1.82, 2.24) is 25.3 Å². The Hall–Kier alpha value is -3.99. The molecule has 0 radical (unpaired) electrons. The van der Waals surface area contributed by atoms with E-state index in [0.717, 1.165) is 0 Å². The number of aromatic nitrogens is 4. The van der Waals surface area contributed by atoms with E-state index in [1.165, 1.54) is 0 Å². The zero-order valence-corrected chi connectivity index (χ0v) is 22.3. The van der Waals surface area contributed by atoms with Crippen LogP contribution in [0.25, 0.3) is 33.3 Å². The van der Waals surface area contributed by atoms with Crippen LogP contribution in [0, 0.1) is 0 Å². The number of anilines is 3. The number of carbonyl (C=O) groups is 1. The summed E-state index contributed by atoms with van der Waals surface area (Å²) < 4.78 is 5.56. The van der Waals surface area contributed by atoms with Gasteiger partial charge in [0.2, 0.25) is 11.8 Å². The van der Waals surface area contributed by atoms with E-state index >= 15 is 0 Å². The molecule has 5 rings (SSSR count). The fourth-order valence-corrected chi connectivity index (χ4v) is 4.41. The molecule has 0 atom stereocenters. The van der Waals surface area contributed by atoms with Crippen molar-refractivity contribution in [2.24, 2.45) is 5.73 Å². The van der Waals surface area contributed by atoms with Crippen molar-refractivity contribution in [1.29, 1.82) is 0 Å². The Morgan fingerprint density at radius 1 is 1.05 bits per heavy atom. The number of halogens is 2. The first-order valence-corrected chi connectivity index (χ1v) is 12.4. The number of hydrogen-bond acceptors (Lipinski definition) is 8. The Kier molecular flexibility index (Phi) is 6.78. The molecular formula is C26H24Cl2N8O2. The van der Waals surface area contributed by atoms with Gasteiger partial charge in [-0.15, -0.1) is 0 Å². The van der Waals surface area contributed by atoms with E-state index in [1.807, 2.05) is 32.9 Å². The van der Waals surface area contributed by atoms with Crippen LogP contribution in [0.3, 0.4) is 0 Å². The first-order valence-electron chi connectivity index (χ1n) is 11.7. The van der Waals surface area contributed by atoms with Crippen molar-refractivity contribution in [2.75, 3.05) is 10.6 Å². The van der Waals surface area contributed by atoms with Gasteiger partial charge in [-0.25, -0.2) is 19.7 Å². The molecule has 10 nitrogen and oxygen atoms in total. The van der Waals surface area contributed by atoms with Gasteiger partial charge in [-0.3, -0.25) is 5.32 Å². The fraction of sp³-hybridized carbons (Fsp3) is 0.192. The van der Waals surface area contributed by atoms with Crippen LogP contribution in [0.15, 0.2) is 53.1 Å². The molecule has 0 saturated heterocycles. The zero-order chi connectivity index (χ0) is 27.0. The van der Waals surface area contributed by atoms with Gasteiger partial charge in [-0.05, 0) is 57.2 Å². The molecule has 3 aromatic heterocycles. The second kappa shape index (κ2) is 10.1. The molecule has 12 heteroatoms. The number of nitrogens with one attached hydrogen (secondary N) is 3. The maximum Gasteiger partial charge on any atom is 0.320 e. The monoisotopic (exact) mass is 550 g/mol. The highest BCUT2D eigenvalue weighted by molar-refractivity contribution is 6.39. The lowest BCUT2D eigenvalue weighted by molar-refractivity contribution is 0.243. The van der Waals surface area contributed by atoms with E-state index in [0.29, 0.717) is 60.8 Å². The average Bonchev–Trinajstić information content (AvgIpc) is 3.25. The molecule has 0 saturated carbocycles. The Bertz CT molecular complexity index is 1660. The van der Waals surface area contributed by atoms with E-state index in [4.69, 9.17) is 33.4 Å². The molecule has 2 aromatic carbocycles. The van der Waals surface area contributed by atoms with Gasteiger partial charge < -0.3 is 20.8 Å². The van der Waals surface area contributed by atoms with E-state index < -0.39 is 11.6 Å². The summed E-state index contributed by atoms with van der Waals surface area (Å²) in [5.74, 6) is 1.01. The fourth-order valence-electron chi connectivity index (χ4n) is 3.81. The summed E-state index contributed by atoms with van der Waals surface area (Å²) in [6, 6.07) is 12.0. The minimum atomic E-state index is -0.460. The molecule has 5 N–H and O–H groups in total. The number of carbonyl (C=O) groups excluding carboxylic acids is 1. The van der Waals surface area contributed by atoms with E-state index in [-0.39, 0.29) is 12.4 Å². The summed E-state index contributed by atoms with van der Waals surface area (Å²) >= 11 is 13.0. The summed E-state index contributed by atoms with van der Waals surface area (Å²) in [5.41, 5.74) is 8.59. The number of rotatable bonds is 5. The summed E-state index contributed by atoms with van der Waals surface area (Å²) in [5, 5.41) is 10.3. The van der Waals surface area contributed by atoms with Crippen LogP contribution in [0.5, 0.6) is 0 Å². The maximum atomic E-state index is 12.8. The van der Waals surface area contributed by atoms with Gasteiger partial charge in [0.15, 0.2) is 11.2 Å². The highest BCUT2D eigenvalue weighted by atomic mass is 35.5. The smallest absolute Gasteiger partial charge is 0.320 e.